The third-order valence-electron chi connectivity index (χ3n) is 5.77. The van der Waals surface area contributed by atoms with Crippen molar-refractivity contribution in [2.75, 3.05) is 36.5 Å². The number of hydrogen-bond donors (Lipinski definition) is 1. The number of aromatic nitrogens is 6. The molecule has 0 aliphatic carbocycles. The second kappa shape index (κ2) is 7.61. The maximum Gasteiger partial charge on any atom is 0.247 e. The van der Waals surface area contributed by atoms with Crippen LogP contribution in [0, 0.1) is 0 Å². The normalized spacial score (nSPS) is 14.3. The van der Waals surface area contributed by atoms with Crippen molar-refractivity contribution in [3.8, 4) is 11.3 Å². The molecule has 0 saturated carbocycles. The van der Waals surface area contributed by atoms with Gasteiger partial charge in [-0.2, -0.15) is 10.1 Å². The van der Waals surface area contributed by atoms with Crippen molar-refractivity contribution in [1.29, 1.82) is 0 Å². The second-order valence-corrected chi connectivity index (χ2v) is 7.79. The maximum absolute atomic E-state index is 5.43. The lowest BCUT2D eigenvalue weighted by Gasteiger charge is -2.28. The Labute approximate surface area is 184 Å². The van der Waals surface area contributed by atoms with Gasteiger partial charge < -0.3 is 15.0 Å². The van der Waals surface area contributed by atoms with Gasteiger partial charge in [-0.1, -0.05) is 6.07 Å². The minimum absolute atomic E-state index is 0.529. The van der Waals surface area contributed by atoms with Gasteiger partial charge in [0.2, 0.25) is 5.95 Å². The van der Waals surface area contributed by atoms with E-state index < -0.39 is 0 Å². The van der Waals surface area contributed by atoms with E-state index in [0.29, 0.717) is 11.6 Å². The highest BCUT2D eigenvalue weighted by molar-refractivity contribution is 5.86. The van der Waals surface area contributed by atoms with Gasteiger partial charge in [0.1, 0.15) is 5.69 Å². The average molecular weight is 426 g/mol. The molecule has 0 radical (unpaired) electrons. The van der Waals surface area contributed by atoms with E-state index in [1.54, 1.807) is 16.9 Å². The number of anilines is 3. The Hall–Kier alpha value is -3.98. The monoisotopic (exact) mass is 426 g/mol. The first-order valence-electron chi connectivity index (χ1n) is 10.6. The van der Waals surface area contributed by atoms with E-state index in [0.717, 1.165) is 54.2 Å². The molecule has 0 spiro atoms. The lowest BCUT2D eigenvalue weighted by molar-refractivity contribution is 0.122. The molecule has 160 valence electrons. The van der Waals surface area contributed by atoms with E-state index >= 15 is 0 Å². The summed E-state index contributed by atoms with van der Waals surface area (Å²) in [4.78, 5) is 11.6. The lowest BCUT2D eigenvalue weighted by Crippen LogP contribution is -2.36. The molecular formula is C23H22N8O. The number of nitrogens with one attached hydrogen (secondary N) is 1. The summed E-state index contributed by atoms with van der Waals surface area (Å²) < 4.78 is 9.04. The van der Waals surface area contributed by atoms with Gasteiger partial charge in [-0.15, -0.1) is 5.10 Å². The molecule has 6 rings (SSSR count). The molecule has 3 aromatic heterocycles. The number of fused-ring (bicyclic) bond motifs is 2. The number of aryl methyl sites for hydroxylation is 1. The van der Waals surface area contributed by atoms with Crippen molar-refractivity contribution in [3.05, 3.63) is 61.1 Å². The van der Waals surface area contributed by atoms with Crippen LogP contribution in [0.1, 0.15) is 0 Å². The van der Waals surface area contributed by atoms with Gasteiger partial charge in [0, 0.05) is 54.9 Å². The Morgan fingerprint density at radius 3 is 2.72 bits per heavy atom. The Morgan fingerprint density at radius 2 is 1.88 bits per heavy atom. The molecule has 9 nitrogen and oxygen atoms in total. The summed E-state index contributed by atoms with van der Waals surface area (Å²) in [5.74, 6) is 0.529. The summed E-state index contributed by atoms with van der Waals surface area (Å²) in [6.45, 7) is 3.38. The first-order chi connectivity index (χ1) is 15.7. The van der Waals surface area contributed by atoms with Crippen LogP contribution >= 0.6 is 0 Å². The molecule has 5 aromatic rings. The second-order valence-electron chi connectivity index (χ2n) is 7.79. The van der Waals surface area contributed by atoms with Crippen molar-refractivity contribution in [1.82, 2.24) is 29.4 Å². The fraction of sp³-hybridized carbons (Fsp3) is 0.217. The van der Waals surface area contributed by atoms with Gasteiger partial charge >= 0.3 is 0 Å². The highest BCUT2D eigenvalue weighted by Crippen LogP contribution is 2.27. The maximum atomic E-state index is 5.43. The zero-order valence-corrected chi connectivity index (χ0v) is 17.6. The van der Waals surface area contributed by atoms with Crippen LogP contribution in [0.5, 0.6) is 0 Å². The zero-order valence-electron chi connectivity index (χ0n) is 17.6. The molecule has 9 heteroatoms. The first-order valence-corrected chi connectivity index (χ1v) is 10.6. The summed E-state index contributed by atoms with van der Waals surface area (Å²) in [5, 5.41) is 13.3. The number of rotatable bonds is 4. The Bertz CT molecular complexity index is 1400. The van der Waals surface area contributed by atoms with E-state index in [-0.39, 0.29) is 0 Å². The molecule has 2 aromatic carbocycles. The minimum Gasteiger partial charge on any atom is -0.378 e. The molecule has 0 unspecified atom stereocenters. The van der Waals surface area contributed by atoms with Gasteiger partial charge in [0.05, 0.1) is 24.9 Å². The van der Waals surface area contributed by atoms with E-state index in [2.05, 4.69) is 43.6 Å². The Balaban J connectivity index is 1.29. The topological polar surface area (TPSA) is 85.4 Å². The van der Waals surface area contributed by atoms with Gasteiger partial charge in [-0.3, -0.25) is 9.67 Å². The summed E-state index contributed by atoms with van der Waals surface area (Å²) >= 11 is 0. The molecule has 4 heterocycles. The highest BCUT2D eigenvalue weighted by atomic mass is 16.5. The van der Waals surface area contributed by atoms with Crippen molar-refractivity contribution in [2.45, 2.75) is 0 Å². The van der Waals surface area contributed by atoms with Gasteiger partial charge in [0.15, 0.2) is 5.65 Å². The van der Waals surface area contributed by atoms with Gasteiger partial charge in [-0.05, 0) is 36.4 Å². The molecule has 1 saturated heterocycles. The SMILES string of the molecule is Cn1ncc2cc(-c3nccn4nc(Nc5ccc(N6CCOCC6)cc5)nc34)ccc21. The molecule has 1 aliphatic rings. The summed E-state index contributed by atoms with van der Waals surface area (Å²) in [6.07, 6.45) is 5.41. The molecule has 1 aliphatic heterocycles. The molecule has 1 fully saturated rings. The fourth-order valence-corrected chi connectivity index (χ4v) is 4.09. The molecule has 1 N–H and O–H groups in total. The van der Waals surface area contributed by atoms with Crippen LogP contribution in [0.25, 0.3) is 27.8 Å². The predicted octanol–water partition coefficient (Wildman–Crippen LogP) is 3.26. The van der Waals surface area contributed by atoms with E-state index in [1.807, 2.05) is 42.2 Å². The third kappa shape index (κ3) is 3.32. The lowest BCUT2D eigenvalue weighted by atomic mass is 10.1. The minimum atomic E-state index is 0.529. The number of morpholine rings is 1. The Morgan fingerprint density at radius 1 is 1.03 bits per heavy atom. The molecule has 32 heavy (non-hydrogen) atoms. The third-order valence-corrected chi connectivity index (χ3v) is 5.77. The van der Waals surface area contributed by atoms with Crippen LogP contribution < -0.4 is 10.2 Å². The highest BCUT2D eigenvalue weighted by Gasteiger charge is 2.14. The van der Waals surface area contributed by atoms with Crippen LogP contribution in [0.15, 0.2) is 61.1 Å². The van der Waals surface area contributed by atoms with E-state index in [9.17, 15) is 0 Å². The van der Waals surface area contributed by atoms with E-state index in [1.165, 1.54) is 5.69 Å². The summed E-state index contributed by atoms with van der Waals surface area (Å²) in [6, 6.07) is 14.5. The summed E-state index contributed by atoms with van der Waals surface area (Å²) in [7, 11) is 1.94. The number of nitrogens with zero attached hydrogens (tertiary/aromatic N) is 7. The van der Waals surface area contributed by atoms with Crippen molar-refractivity contribution >= 4 is 33.9 Å². The number of benzene rings is 2. The molecule has 0 bridgehead atoms. The first kappa shape index (κ1) is 18.8. The van der Waals surface area contributed by atoms with Crippen LogP contribution in [0.3, 0.4) is 0 Å². The van der Waals surface area contributed by atoms with Gasteiger partial charge in [-0.25, -0.2) is 4.52 Å². The molecule has 0 atom stereocenters. The van der Waals surface area contributed by atoms with Crippen molar-refractivity contribution in [3.63, 3.8) is 0 Å². The quantitative estimate of drug-likeness (QED) is 0.472. The van der Waals surface area contributed by atoms with Crippen LogP contribution in [-0.2, 0) is 11.8 Å². The summed E-state index contributed by atoms with van der Waals surface area (Å²) in [5.41, 5.74) is 5.66. The largest absolute Gasteiger partial charge is 0.378 e. The predicted molar refractivity (Wildman–Crippen MR) is 123 cm³/mol. The Kier molecular flexibility index (Phi) is 4.46. The number of hydrogen-bond acceptors (Lipinski definition) is 7. The average Bonchev–Trinajstić information content (AvgIpc) is 3.42. The van der Waals surface area contributed by atoms with Crippen LogP contribution in [0.4, 0.5) is 17.3 Å². The molecule has 0 amide bonds. The standard InChI is InChI=1S/C23H22N8O/c1-29-20-7-2-16(14-17(20)15-25-29)21-22-27-23(28-31(22)9-8-24-21)26-18-3-5-19(6-4-18)30-10-12-32-13-11-30/h2-9,14-15H,10-13H2,1H3,(H,26,28). The zero-order chi connectivity index (χ0) is 21.5. The van der Waals surface area contributed by atoms with Crippen molar-refractivity contribution < 1.29 is 4.74 Å². The fourth-order valence-electron chi connectivity index (χ4n) is 4.09. The van der Waals surface area contributed by atoms with E-state index in [4.69, 9.17) is 9.72 Å². The van der Waals surface area contributed by atoms with Crippen molar-refractivity contribution in [2.24, 2.45) is 7.05 Å². The number of ether oxygens (including phenoxy) is 1. The van der Waals surface area contributed by atoms with Crippen LogP contribution in [0.2, 0.25) is 0 Å². The van der Waals surface area contributed by atoms with Gasteiger partial charge in [0.25, 0.3) is 0 Å². The smallest absolute Gasteiger partial charge is 0.247 e. The molecular weight excluding hydrogens is 404 g/mol. The van der Waals surface area contributed by atoms with Crippen LogP contribution in [-0.4, -0.2) is 55.7 Å².